The zero-order chi connectivity index (χ0) is 7.78. The molecular formula is C5H8F2O2S. The number of rotatable bonds is 3. The summed E-state index contributed by atoms with van der Waals surface area (Å²) in [6.07, 6.45) is -1.67. The summed E-state index contributed by atoms with van der Waals surface area (Å²) in [6, 6.07) is 0. The van der Waals surface area contributed by atoms with Crippen molar-refractivity contribution in [1.29, 1.82) is 0 Å². The molecule has 1 aliphatic carbocycles. The Balaban J connectivity index is 2.45. The van der Waals surface area contributed by atoms with Crippen molar-refractivity contribution in [2.75, 3.05) is 5.75 Å². The topological polar surface area (TPSA) is 37.3 Å². The van der Waals surface area contributed by atoms with E-state index < -0.39 is 22.9 Å². The maximum Gasteiger partial charge on any atom is 0.245 e. The second kappa shape index (κ2) is 2.54. The largest absolute Gasteiger partial charge is 0.306 e. The number of hydrogen-bond donors (Lipinski definition) is 1. The van der Waals surface area contributed by atoms with E-state index in [0.717, 1.165) is 0 Å². The maximum absolute atomic E-state index is 12.0. The van der Waals surface area contributed by atoms with Crippen LogP contribution in [0.5, 0.6) is 0 Å². The van der Waals surface area contributed by atoms with Gasteiger partial charge < -0.3 is 4.55 Å². The van der Waals surface area contributed by atoms with Crippen LogP contribution >= 0.6 is 0 Å². The van der Waals surface area contributed by atoms with Crippen LogP contribution in [0.1, 0.15) is 12.8 Å². The third-order valence-electron chi connectivity index (χ3n) is 1.77. The average molecular weight is 170 g/mol. The lowest BCUT2D eigenvalue weighted by atomic mass is 10.2. The monoisotopic (exact) mass is 170 g/mol. The van der Waals surface area contributed by atoms with Crippen LogP contribution in [0.3, 0.4) is 0 Å². The Morgan fingerprint density at radius 3 is 2.20 bits per heavy atom. The Morgan fingerprint density at radius 2 is 2.10 bits per heavy atom. The third kappa shape index (κ3) is 1.52. The van der Waals surface area contributed by atoms with Crippen LogP contribution < -0.4 is 0 Å². The molecule has 1 saturated carbocycles. The summed E-state index contributed by atoms with van der Waals surface area (Å²) < 4.78 is 42.4. The smallest absolute Gasteiger partial charge is 0.245 e. The zero-order valence-electron chi connectivity index (χ0n) is 5.22. The van der Waals surface area contributed by atoms with Gasteiger partial charge in [0, 0.05) is 5.41 Å². The van der Waals surface area contributed by atoms with Crippen LogP contribution in [-0.4, -0.2) is 20.9 Å². The summed E-state index contributed by atoms with van der Waals surface area (Å²) in [6.45, 7) is 0. The van der Waals surface area contributed by atoms with E-state index >= 15 is 0 Å². The molecule has 1 fully saturated rings. The molecule has 5 heteroatoms. The molecule has 0 heterocycles. The van der Waals surface area contributed by atoms with Gasteiger partial charge in [0.2, 0.25) is 6.43 Å². The molecule has 1 rings (SSSR count). The molecule has 1 aliphatic rings. The van der Waals surface area contributed by atoms with Crippen LogP contribution in [0.25, 0.3) is 0 Å². The van der Waals surface area contributed by atoms with Gasteiger partial charge in [0.05, 0.1) is 5.75 Å². The maximum atomic E-state index is 12.0. The van der Waals surface area contributed by atoms with E-state index in [4.69, 9.17) is 4.55 Å². The van der Waals surface area contributed by atoms with Gasteiger partial charge in [-0.15, -0.1) is 0 Å². The molecule has 0 bridgehead atoms. The van der Waals surface area contributed by atoms with Crippen LogP contribution in [0, 0.1) is 5.41 Å². The van der Waals surface area contributed by atoms with Gasteiger partial charge in [-0.2, -0.15) is 0 Å². The van der Waals surface area contributed by atoms with E-state index in [0.29, 0.717) is 12.8 Å². The van der Waals surface area contributed by atoms with Gasteiger partial charge in [0.15, 0.2) is 11.1 Å². The summed E-state index contributed by atoms with van der Waals surface area (Å²) >= 11 is -2.07. The number of alkyl halides is 2. The lowest BCUT2D eigenvalue weighted by Gasteiger charge is -2.09. The zero-order valence-corrected chi connectivity index (χ0v) is 6.03. The fraction of sp³-hybridized carbons (Fsp3) is 1.00. The Labute approximate surface area is 59.9 Å². The molecule has 10 heavy (non-hydrogen) atoms. The van der Waals surface area contributed by atoms with Gasteiger partial charge >= 0.3 is 0 Å². The first-order chi connectivity index (χ1) is 4.57. The van der Waals surface area contributed by atoms with Crippen molar-refractivity contribution in [3.8, 4) is 0 Å². The molecule has 0 aromatic heterocycles. The molecule has 60 valence electrons. The predicted molar refractivity (Wildman–Crippen MR) is 33.3 cm³/mol. The van der Waals surface area contributed by atoms with Gasteiger partial charge in [-0.3, -0.25) is 0 Å². The fourth-order valence-electron chi connectivity index (χ4n) is 0.832. The summed E-state index contributed by atoms with van der Waals surface area (Å²) in [5, 5.41) is 0. The van der Waals surface area contributed by atoms with Crippen molar-refractivity contribution in [3.63, 3.8) is 0 Å². The lowest BCUT2D eigenvalue weighted by Crippen LogP contribution is -2.19. The fourth-order valence-corrected chi connectivity index (χ4v) is 1.74. The van der Waals surface area contributed by atoms with E-state index in [1.165, 1.54) is 0 Å². The molecule has 0 amide bonds. The standard InChI is InChI=1S/C5H8F2O2S/c6-4(7)5(1-2-5)3-10(8)9/h4H,1-3H2,(H,8,9). The van der Waals surface area contributed by atoms with Crippen molar-refractivity contribution >= 4 is 11.1 Å². The first kappa shape index (κ1) is 8.07. The van der Waals surface area contributed by atoms with Gasteiger partial charge in [0.1, 0.15) is 0 Å². The molecule has 0 saturated heterocycles. The highest BCUT2D eigenvalue weighted by Crippen LogP contribution is 2.50. The Morgan fingerprint density at radius 1 is 1.60 bits per heavy atom. The van der Waals surface area contributed by atoms with E-state index in [1.54, 1.807) is 0 Å². The minimum atomic E-state index is -2.44. The van der Waals surface area contributed by atoms with Crippen molar-refractivity contribution in [2.24, 2.45) is 5.41 Å². The first-order valence-electron chi connectivity index (χ1n) is 2.92. The number of halogens is 2. The summed E-state index contributed by atoms with van der Waals surface area (Å²) in [4.78, 5) is 0. The molecule has 0 radical (unpaired) electrons. The van der Waals surface area contributed by atoms with E-state index in [2.05, 4.69) is 0 Å². The van der Waals surface area contributed by atoms with E-state index in [-0.39, 0.29) is 5.75 Å². The molecule has 1 unspecified atom stereocenters. The van der Waals surface area contributed by atoms with Crippen molar-refractivity contribution in [3.05, 3.63) is 0 Å². The van der Waals surface area contributed by atoms with Crippen molar-refractivity contribution in [2.45, 2.75) is 19.3 Å². The van der Waals surface area contributed by atoms with Crippen LogP contribution in [0.2, 0.25) is 0 Å². The van der Waals surface area contributed by atoms with Crippen molar-refractivity contribution < 1.29 is 17.5 Å². The summed E-state index contributed by atoms with van der Waals surface area (Å²) in [5.74, 6) is -0.273. The average Bonchev–Trinajstić information content (AvgIpc) is 2.46. The molecule has 2 nitrogen and oxygen atoms in total. The highest BCUT2D eigenvalue weighted by molar-refractivity contribution is 7.79. The minimum absolute atomic E-state index is 0.273. The third-order valence-corrected chi connectivity index (χ3v) is 2.59. The molecule has 0 aromatic rings. The molecule has 0 aromatic carbocycles. The van der Waals surface area contributed by atoms with Gasteiger partial charge in [-0.05, 0) is 12.8 Å². The second-order valence-electron chi connectivity index (χ2n) is 2.63. The summed E-state index contributed by atoms with van der Waals surface area (Å²) in [7, 11) is 0. The molecular weight excluding hydrogens is 162 g/mol. The van der Waals surface area contributed by atoms with Gasteiger partial charge in [0.25, 0.3) is 0 Å². The SMILES string of the molecule is O=S(O)CC1(C(F)F)CC1. The second-order valence-corrected chi connectivity index (χ2v) is 3.56. The summed E-state index contributed by atoms with van der Waals surface area (Å²) in [5.41, 5.74) is -1.11. The van der Waals surface area contributed by atoms with Crippen LogP contribution in [-0.2, 0) is 11.1 Å². The van der Waals surface area contributed by atoms with E-state index in [9.17, 15) is 13.0 Å². The number of hydrogen-bond acceptors (Lipinski definition) is 1. The molecule has 1 atom stereocenters. The van der Waals surface area contributed by atoms with Gasteiger partial charge in [-0.1, -0.05) is 0 Å². The Bertz CT molecular complexity index is 156. The highest BCUT2D eigenvalue weighted by Gasteiger charge is 2.52. The Hall–Kier alpha value is -0.0300. The van der Waals surface area contributed by atoms with E-state index in [1.807, 2.05) is 0 Å². The Kier molecular flexibility index (Phi) is 2.05. The van der Waals surface area contributed by atoms with Gasteiger partial charge in [-0.25, -0.2) is 13.0 Å². The first-order valence-corrected chi connectivity index (χ1v) is 4.20. The van der Waals surface area contributed by atoms with Crippen LogP contribution in [0.4, 0.5) is 8.78 Å². The quantitative estimate of drug-likeness (QED) is 0.647. The minimum Gasteiger partial charge on any atom is -0.306 e. The van der Waals surface area contributed by atoms with Crippen LogP contribution in [0.15, 0.2) is 0 Å². The molecule has 0 aliphatic heterocycles. The molecule has 0 spiro atoms. The highest BCUT2D eigenvalue weighted by atomic mass is 32.2. The lowest BCUT2D eigenvalue weighted by molar-refractivity contribution is 0.0735. The predicted octanol–water partition coefficient (Wildman–Crippen LogP) is 1.25. The molecule has 1 N–H and O–H groups in total. The van der Waals surface area contributed by atoms with Crippen molar-refractivity contribution in [1.82, 2.24) is 0 Å². The normalized spacial score (nSPS) is 24.8.